The molecule has 1 aromatic rings. The fourth-order valence-electron chi connectivity index (χ4n) is 2.62. The molecule has 2 rings (SSSR count). The summed E-state index contributed by atoms with van der Waals surface area (Å²) >= 11 is 11.9. The van der Waals surface area contributed by atoms with Crippen molar-refractivity contribution >= 4 is 29.2 Å². The van der Waals surface area contributed by atoms with Gasteiger partial charge >= 0.3 is 0 Å². The molecule has 0 aromatic heterocycles. The molecule has 1 aliphatic rings. The van der Waals surface area contributed by atoms with E-state index in [9.17, 15) is 0 Å². The van der Waals surface area contributed by atoms with Gasteiger partial charge in [-0.05, 0) is 37.5 Å². The van der Waals surface area contributed by atoms with Gasteiger partial charge in [-0.2, -0.15) is 0 Å². The molecule has 152 valence electrons. The normalized spacial score (nSPS) is 17.1. The van der Waals surface area contributed by atoms with Crippen LogP contribution in [0, 0.1) is 5.92 Å². The van der Waals surface area contributed by atoms with Crippen LogP contribution in [0.4, 0.5) is 0 Å². The molecule has 2 N–H and O–H groups in total. The van der Waals surface area contributed by atoms with Crippen molar-refractivity contribution in [3.63, 3.8) is 0 Å². The van der Waals surface area contributed by atoms with Crippen molar-refractivity contribution in [2.75, 3.05) is 53.2 Å². The van der Waals surface area contributed by atoms with Crippen molar-refractivity contribution in [3.8, 4) is 5.75 Å². The van der Waals surface area contributed by atoms with E-state index < -0.39 is 0 Å². The number of guanidine groups is 1. The fourth-order valence-corrected chi connectivity index (χ4v) is 3.08. The van der Waals surface area contributed by atoms with Gasteiger partial charge in [-0.3, -0.25) is 4.99 Å². The van der Waals surface area contributed by atoms with Crippen molar-refractivity contribution in [3.05, 3.63) is 28.2 Å². The van der Waals surface area contributed by atoms with Crippen molar-refractivity contribution in [2.24, 2.45) is 10.9 Å². The molecule has 6 nitrogen and oxygen atoms in total. The van der Waals surface area contributed by atoms with Crippen molar-refractivity contribution in [1.29, 1.82) is 0 Å². The highest BCUT2D eigenvalue weighted by molar-refractivity contribution is 6.35. The third-order valence-electron chi connectivity index (χ3n) is 4.12. The highest BCUT2D eigenvalue weighted by atomic mass is 35.5. The van der Waals surface area contributed by atoms with Crippen LogP contribution in [-0.2, 0) is 9.47 Å². The van der Waals surface area contributed by atoms with Gasteiger partial charge in [-0.25, -0.2) is 0 Å². The van der Waals surface area contributed by atoms with Crippen LogP contribution in [0.1, 0.15) is 19.3 Å². The Morgan fingerprint density at radius 1 is 1.22 bits per heavy atom. The van der Waals surface area contributed by atoms with Gasteiger partial charge in [0.15, 0.2) is 5.96 Å². The lowest BCUT2D eigenvalue weighted by atomic mass is 10.1. The topological polar surface area (TPSA) is 64.1 Å². The smallest absolute Gasteiger partial charge is 0.190 e. The predicted octanol–water partition coefficient (Wildman–Crippen LogP) is 3.37. The molecule has 1 aliphatic heterocycles. The maximum absolute atomic E-state index is 6.07. The Bertz CT molecular complexity index is 581. The molecule has 0 saturated carbocycles. The van der Waals surface area contributed by atoms with Crippen LogP contribution in [0.15, 0.2) is 23.2 Å². The van der Waals surface area contributed by atoms with Gasteiger partial charge in [0.2, 0.25) is 0 Å². The largest absolute Gasteiger partial charge is 0.492 e. The standard InChI is InChI=1S/C19H29Cl2N3O3/c1-22-19(23-7-2-9-25-13-15-6-11-26-14-15)24-8-3-10-27-18-5-4-16(20)12-17(18)21/h4-5,12,15H,2-3,6-11,13-14H2,1H3,(H2,22,23,24). The third-order valence-corrected chi connectivity index (χ3v) is 4.65. The first-order valence-electron chi connectivity index (χ1n) is 9.37. The number of hydrogen-bond donors (Lipinski definition) is 2. The minimum Gasteiger partial charge on any atom is -0.492 e. The summed E-state index contributed by atoms with van der Waals surface area (Å²) in [5, 5.41) is 7.66. The number of rotatable bonds is 11. The first kappa shape index (κ1) is 22.1. The van der Waals surface area contributed by atoms with Crippen molar-refractivity contribution < 1.29 is 14.2 Å². The zero-order valence-electron chi connectivity index (χ0n) is 15.8. The second-order valence-corrected chi connectivity index (χ2v) is 7.20. The van der Waals surface area contributed by atoms with Crippen molar-refractivity contribution in [2.45, 2.75) is 19.3 Å². The average Bonchev–Trinajstić information content (AvgIpc) is 3.17. The number of nitrogens with zero attached hydrogens (tertiary/aromatic N) is 1. The molecule has 27 heavy (non-hydrogen) atoms. The SMILES string of the molecule is CN=C(NCCCOCC1CCOC1)NCCCOc1ccc(Cl)cc1Cl. The molecule has 8 heteroatoms. The summed E-state index contributed by atoms with van der Waals surface area (Å²) in [6.07, 6.45) is 2.88. The van der Waals surface area contributed by atoms with Crippen LogP contribution >= 0.6 is 23.2 Å². The second-order valence-electron chi connectivity index (χ2n) is 6.36. The minimum atomic E-state index is 0.524. The summed E-state index contributed by atoms with van der Waals surface area (Å²) in [5.74, 6) is 1.99. The Morgan fingerprint density at radius 2 is 2.00 bits per heavy atom. The Labute approximate surface area is 171 Å². The molecule has 0 aliphatic carbocycles. The summed E-state index contributed by atoms with van der Waals surface area (Å²) < 4.78 is 16.7. The van der Waals surface area contributed by atoms with E-state index in [2.05, 4.69) is 15.6 Å². The van der Waals surface area contributed by atoms with Gasteiger partial charge in [-0.1, -0.05) is 23.2 Å². The summed E-state index contributed by atoms with van der Waals surface area (Å²) in [7, 11) is 1.76. The first-order chi connectivity index (χ1) is 13.2. The van der Waals surface area contributed by atoms with E-state index in [4.69, 9.17) is 37.4 Å². The molecule has 0 radical (unpaired) electrons. The van der Waals surface area contributed by atoms with Crippen molar-refractivity contribution in [1.82, 2.24) is 10.6 Å². The molecular formula is C19H29Cl2N3O3. The van der Waals surface area contributed by atoms with E-state index in [-0.39, 0.29) is 0 Å². The van der Waals surface area contributed by atoms with E-state index in [1.54, 1.807) is 25.2 Å². The van der Waals surface area contributed by atoms with Gasteiger partial charge in [0.1, 0.15) is 5.75 Å². The number of nitrogens with one attached hydrogen (secondary N) is 2. The zero-order chi connectivity index (χ0) is 19.3. The fraction of sp³-hybridized carbons (Fsp3) is 0.632. The molecule has 0 bridgehead atoms. The van der Waals surface area contributed by atoms with E-state index in [1.165, 1.54) is 0 Å². The third kappa shape index (κ3) is 9.02. The number of hydrogen-bond acceptors (Lipinski definition) is 4. The molecular weight excluding hydrogens is 389 g/mol. The number of halogens is 2. The molecule has 1 heterocycles. The van der Waals surface area contributed by atoms with E-state index >= 15 is 0 Å². The minimum absolute atomic E-state index is 0.524. The molecule has 0 amide bonds. The molecule has 0 spiro atoms. The first-order valence-corrected chi connectivity index (χ1v) is 10.1. The van der Waals surface area contributed by atoms with Gasteiger partial charge in [0.25, 0.3) is 0 Å². The highest BCUT2D eigenvalue weighted by Gasteiger charge is 2.15. The molecule has 1 saturated heterocycles. The second kappa shape index (κ2) is 13.0. The van der Waals surface area contributed by atoms with Crippen LogP contribution in [-0.4, -0.2) is 59.1 Å². The summed E-state index contributed by atoms with van der Waals surface area (Å²) in [4.78, 5) is 4.21. The molecule has 1 fully saturated rings. The summed E-state index contributed by atoms with van der Waals surface area (Å²) in [6, 6.07) is 5.21. The Morgan fingerprint density at radius 3 is 2.67 bits per heavy atom. The quantitative estimate of drug-likeness (QED) is 0.328. The van der Waals surface area contributed by atoms with Crippen LogP contribution < -0.4 is 15.4 Å². The summed E-state index contributed by atoms with van der Waals surface area (Å²) in [6.45, 7) is 5.38. The number of aliphatic imine (C=N–C) groups is 1. The Balaban J connectivity index is 1.47. The lowest BCUT2D eigenvalue weighted by Crippen LogP contribution is -2.38. The van der Waals surface area contributed by atoms with E-state index in [1.807, 2.05) is 0 Å². The number of ether oxygens (including phenoxy) is 3. The molecule has 1 aromatic carbocycles. The van der Waals surface area contributed by atoms with Crippen LogP contribution in [0.5, 0.6) is 5.75 Å². The number of benzene rings is 1. The highest BCUT2D eigenvalue weighted by Crippen LogP contribution is 2.27. The van der Waals surface area contributed by atoms with E-state index in [0.717, 1.165) is 64.7 Å². The maximum Gasteiger partial charge on any atom is 0.190 e. The Hall–Kier alpha value is -1.21. The summed E-state index contributed by atoms with van der Waals surface area (Å²) in [5.41, 5.74) is 0. The lowest BCUT2D eigenvalue weighted by Gasteiger charge is -2.13. The maximum atomic E-state index is 6.07. The van der Waals surface area contributed by atoms with Gasteiger partial charge in [-0.15, -0.1) is 0 Å². The molecule has 1 atom stereocenters. The van der Waals surface area contributed by atoms with Gasteiger partial charge < -0.3 is 24.8 Å². The monoisotopic (exact) mass is 417 g/mol. The lowest BCUT2D eigenvalue weighted by molar-refractivity contribution is 0.0888. The average molecular weight is 418 g/mol. The zero-order valence-corrected chi connectivity index (χ0v) is 17.3. The van der Waals surface area contributed by atoms with E-state index in [0.29, 0.717) is 28.3 Å². The van der Waals surface area contributed by atoms with Crippen LogP contribution in [0.2, 0.25) is 10.0 Å². The van der Waals surface area contributed by atoms with Crippen LogP contribution in [0.25, 0.3) is 0 Å². The predicted molar refractivity (Wildman–Crippen MR) is 110 cm³/mol. The van der Waals surface area contributed by atoms with Crippen LogP contribution in [0.3, 0.4) is 0 Å². The van der Waals surface area contributed by atoms with Gasteiger partial charge in [0, 0.05) is 44.3 Å². The molecule has 1 unspecified atom stereocenters. The van der Waals surface area contributed by atoms with Gasteiger partial charge in [0.05, 0.1) is 24.8 Å². The Kier molecular flexibility index (Phi) is 10.7.